The van der Waals surface area contributed by atoms with Crippen molar-refractivity contribution in [3.05, 3.63) is 0 Å². The Labute approximate surface area is 92.7 Å². The SMILES string of the molecule is CCCCNC(=O)CN(CCO)C(C)C. The second kappa shape index (κ2) is 8.68. The number of hydrogen-bond donors (Lipinski definition) is 2. The third-order valence-electron chi connectivity index (χ3n) is 2.32. The van der Waals surface area contributed by atoms with Crippen LogP contribution in [0.15, 0.2) is 0 Å². The Morgan fingerprint density at radius 1 is 1.47 bits per heavy atom. The van der Waals surface area contributed by atoms with Crippen molar-refractivity contribution in [2.75, 3.05) is 26.2 Å². The van der Waals surface area contributed by atoms with Crippen LogP contribution in [-0.2, 0) is 4.79 Å². The Morgan fingerprint density at radius 2 is 2.13 bits per heavy atom. The Bertz CT molecular complexity index is 172. The van der Waals surface area contributed by atoms with Crippen LogP contribution in [0.5, 0.6) is 0 Å². The van der Waals surface area contributed by atoms with Crippen LogP contribution in [0.1, 0.15) is 33.6 Å². The molecule has 0 spiro atoms. The van der Waals surface area contributed by atoms with Crippen molar-refractivity contribution < 1.29 is 9.90 Å². The van der Waals surface area contributed by atoms with Crippen LogP contribution >= 0.6 is 0 Å². The molecule has 4 nitrogen and oxygen atoms in total. The molecule has 0 aliphatic rings. The molecule has 90 valence electrons. The zero-order valence-electron chi connectivity index (χ0n) is 10.1. The highest BCUT2D eigenvalue weighted by Crippen LogP contribution is 1.96. The zero-order valence-corrected chi connectivity index (χ0v) is 10.1. The number of aliphatic hydroxyl groups is 1. The fourth-order valence-electron chi connectivity index (χ4n) is 1.29. The highest BCUT2D eigenvalue weighted by atomic mass is 16.3. The predicted molar refractivity (Wildman–Crippen MR) is 61.7 cm³/mol. The molecule has 0 aromatic carbocycles. The van der Waals surface area contributed by atoms with Gasteiger partial charge in [-0.05, 0) is 20.3 Å². The molecule has 0 atom stereocenters. The summed E-state index contributed by atoms with van der Waals surface area (Å²) in [6.45, 7) is 7.92. The van der Waals surface area contributed by atoms with Gasteiger partial charge in [-0.2, -0.15) is 0 Å². The number of hydrogen-bond acceptors (Lipinski definition) is 3. The quantitative estimate of drug-likeness (QED) is 0.584. The van der Waals surface area contributed by atoms with E-state index in [2.05, 4.69) is 12.2 Å². The number of unbranched alkanes of at least 4 members (excludes halogenated alkanes) is 1. The summed E-state index contributed by atoms with van der Waals surface area (Å²) in [5.74, 6) is 0.0469. The third-order valence-corrected chi connectivity index (χ3v) is 2.32. The fraction of sp³-hybridized carbons (Fsp3) is 0.909. The molecule has 0 unspecified atom stereocenters. The van der Waals surface area contributed by atoms with Crippen molar-refractivity contribution in [3.8, 4) is 0 Å². The highest BCUT2D eigenvalue weighted by molar-refractivity contribution is 5.77. The summed E-state index contributed by atoms with van der Waals surface area (Å²) >= 11 is 0. The molecule has 0 aliphatic carbocycles. The van der Waals surface area contributed by atoms with Crippen molar-refractivity contribution in [1.82, 2.24) is 10.2 Å². The van der Waals surface area contributed by atoms with Gasteiger partial charge in [0.1, 0.15) is 0 Å². The lowest BCUT2D eigenvalue weighted by molar-refractivity contribution is -0.122. The molecule has 2 N–H and O–H groups in total. The number of carbonyl (C=O) groups is 1. The first-order chi connectivity index (χ1) is 7.11. The van der Waals surface area contributed by atoms with E-state index in [-0.39, 0.29) is 18.6 Å². The molecule has 0 rings (SSSR count). The minimum absolute atomic E-state index is 0.0469. The number of amides is 1. The molecule has 0 aromatic heterocycles. The normalized spacial score (nSPS) is 11.1. The number of nitrogens with one attached hydrogen (secondary N) is 1. The standard InChI is InChI=1S/C11H24N2O2/c1-4-5-6-12-11(15)9-13(7-8-14)10(2)3/h10,14H,4-9H2,1-3H3,(H,12,15). The molecule has 1 amide bonds. The van der Waals surface area contributed by atoms with Crippen LogP contribution in [0, 0.1) is 0 Å². The van der Waals surface area contributed by atoms with Gasteiger partial charge in [0.05, 0.1) is 13.2 Å². The lowest BCUT2D eigenvalue weighted by atomic mass is 10.3. The van der Waals surface area contributed by atoms with Crippen molar-refractivity contribution in [1.29, 1.82) is 0 Å². The van der Waals surface area contributed by atoms with Crippen LogP contribution in [0.25, 0.3) is 0 Å². The molecule has 0 bridgehead atoms. The molecule has 0 aliphatic heterocycles. The Morgan fingerprint density at radius 3 is 2.60 bits per heavy atom. The largest absolute Gasteiger partial charge is 0.395 e. The van der Waals surface area contributed by atoms with Gasteiger partial charge in [-0.1, -0.05) is 13.3 Å². The monoisotopic (exact) mass is 216 g/mol. The topological polar surface area (TPSA) is 52.6 Å². The zero-order chi connectivity index (χ0) is 11.7. The summed E-state index contributed by atoms with van der Waals surface area (Å²) < 4.78 is 0. The molecule has 4 heteroatoms. The number of nitrogens with zero attached hydrogens (tertiary/aromatic N) is 1. The van der Waals surface area contributed by atoms with Gasteiger partial charge in [0, 0.05) is 19.1 Å². The summed E-state index contributed by atoms with van der Waals surface area (Å²) in [5.41, 5.74) is 0. The second-order valence-electron chi connectivity index (χ2n) is 3.99. The minimum atomic E-state index is 0.0469. The van der Waals surface area contributed by atoms with Crippen molar-refractivity contribution in [3.63, 3.8) is 0 Å². The Hall–Kier alpha value is -0.610. The van der Waals surface area contributed by atoms with Gasteiger partial charge in [-0.25, -0.2) is 0 Å². The van der Waals surface area contributed by atoms with E-state index in [9.17, 15) is 4.79 Å². The Balaban J connectivity index is 3.78. The van der Waals surface area contributed by atoms with Gasteiger partial charge in [0.25, 0.3) is 0 Å². The number of rotatable bonds is 8. The van der Waals surface area contributed by atoms with E-state index in [1.54, 1.807) is 0 Å². The third kappa shape index (κ3) is 7.33. The maximum absolute atomic E-state index is 11.5. The smallest absolute Gasteiger partial charge is 0.234 e. The molecule has 15 heavy (non-hydrogen) atoms. The minimum Gasteiger partial charge on any atom is -0.395 e. The van der Waals surface area contributed by atoms with E-state index >= 15 is 0 Å². The van der Waals surface area contributed by atoms with Crippen LogP contribution in [0.2, 0.25) is 0 Å². The van der Waals surface area contributed by atoms with E-state index in [0.29, 0.717) is 13.1 Å². The Kier molecular flexibility index (Phi) is 8.33. The number of aliphatic hydroxyl groups excluding tert-OH is 1. The molecular formula is C11H24N2O2. The summed E-state index contributed by atoms with van der Waals surface area (Å²) in [6.07, 6.45) is 2.11. The van der Waals surface area contributed by atoms with E-state index in [1.165, 1.54) is 0 Å². The average molecular weight is 216 g/mol. The summed E-state index contributed by atoms with van der Waals surface area (Å²) in [7, 11) is 0. The van der Waals surface area contributed by atoms with Crippen molar-refractivity contribution >= 4 is 5.91 Å². The van der Waals surface area contributed by atoms with E-state index in [0.717, 1.165) is 19.4 Å². The van der Waals surface area contributed by atoms with Crippen LogP contribution in [-0.4, -0.2) is 48.2 Å². The van der Waals surface area contributed by atoms with Crippen LogP contribution in [0.4, 0.5) is 0 Å². The molecule has 0 heterocycles. The second-order valence-corrected chi connectivity index (χ2v) is 3.99. The van der Waals surface area contributed by atoms with E-state index in [4.69, 9.17) is 5.11 Å². The first-order valence-electron chi connectivity index (χ1n) is 5.73. The van der Waals surface area contributed by atoms with Gasteiger partial charge in [0.15, 0.2) is 0 Å². The lowest BCUT2D eigenvalue weighted by Crippen LogP contribution is -2.42. The average Bonchev–Trinajstić information content (AvgIpc) is 2.17. The first-order valence-corrected chi connectivity index (χ1v) is 5.73. The maximum Gasteiger partial charge on any atom is 0.234 e. The maximum atomic E-state index is 11.5. The lowest BCUT2D eigenvalue weighted by Gasteiger charge is -2.24. The summed E-state index contributed by atoms with van der Waals surface area (Å²) in [6, 6.07) is 0.286. The van der Waals surface area contributed by atoms with Crippen LogP contribution in [0.3, 0.4) is 0 Å². The summed E-state index contributed by atoms with van der Waals surface area (Å²) in [5, 5.41) is 11.7. The molecular weight excluding hydrogens is 192 g/mol. The van der Waals surface area contributed by atoms with Crippen molar-refractivity contribution in [2.45, 2.75) is 39.7 Å². The van der Waals surface area contributed by atoms with Crippen LogP contribution < -0.4 is 5.32 Å². The van der Waals surface area contributed by atoms with E-state index in [1.807, 2.05) is 18.7 Å². The molecule has 0 radical (unpaired) electrons. The van der Waals surface area contributed by atoms with Gasteiger partial charge >= 0.3 is 0 Å². The fourth-order valence-corrected chi connectivity index (χ4v) is 1.29. The first kappa shape index (κ1) is 14.4. The van der Waals surface area contributed by atoms with Gasteiger partial charge in [0.2, 0.25) is 5.91 Å². The molecule has 0 saturated heterocycles. The number of carbonyl (C=O) groups excluding carboxylic acids is 1. The van der Waals surface area contributed by atoms with Gasteiger partial charge in [-0.15, -0.1) is 0 Å². The van der Waals surface area contributed by atoms with Crippen molar-refractivity contribution in [2.24, 2.45) is 0 Å². The van der Waals surface area contributed by atoms with Gasteiger partial charge in [-0.3, -0.25) is 9.69 Å². The summed E-state index contributed by atoms with van der Waals surface area (Å²) in [4.78, 5) is 13.4. The van der Waals surface area contributed by atoms with E-state index < -0.39 is 0 Å². The van der Waals surface area contributed by atoms with Gasteiger partial charge < -0.3 is 10.4 Å². The molecule has 0 aromatic rings. The predicted octanol–water partition coefficient (Wildman–Crippen LogP) is 0.605. The molecule has 0 saturated carbocycles. The highest BCUT2D eigenvalue weighted by Gasteiger charge is 2.12. The molecule has 0 fully saturated rings.